The van der Waals surface area contributed by atoms with Gasteiger partial charge in [0.2, 0.25) is 0 Å². The quantitative estimate of drug-likeness (QED) is 0.881. The zero-order valence-corrected chi connectivity index (χ0v) is 10.7. The number of aliphatic imine (C=N–C) groups is 1. The first-order chi connectivity index (χ1) is 8.34. The molecule has 0 amide bonds. The highest BCUT2D eigenvalue weighted by atomic mass is 35.5. The van der Waals surface area contributed by atoms with Crippen molar-refractivity contribution in [3.63, 3.8) is 0 Å². The summed E-state index contributed by atoms with van der Waals surface area (Å²) >= 11 is 7.59. The normalized spacial score (nSPS) is 14.5. The third-order valence-corrected chi connectivity index (χ3v) is 3.96. The molecule has 1 aromatic carbocycles. The van der Waals surface area contributed by atoms with E-state index in [0.717, 1.165) is 28.8 Å². The van der Waals surface area contributed by atoms with Crippen molar-refractivity contribution < 1.29 is 0 Å². The summed E-state index contributed by atoms with van der Waals surface area (Å²) in [5.41, 5.74) is 2.35. The fourth-order valence-electron chi connectivity index (χ4n) is 1.94. The molecule has 0 aliphatic carbocycles. The van der Waals surface area contributed by atoms with Gasteiger partial charge in [0.05, 0.1) is 10.9 Å². The maximum atomic E-state index is 5.99. The first-order valence-electron chi connectivity index (χ1n) is 5.48. The van der Waals surface area contributed by atoms with Crippen LogP contribution in [-0.2, 0) is 0 Å². The van der Waals surface area contributed by atoms with E-state index in [1.54, 1.807) is 11.3 Å². The minimum atomic E-state index is 0.816. The summed E-state index contributed by atoms with van der Waals surface area (Å²) in [5.74, 6) is 0.991. The fourth-order valence-corrected chi connectivity index (χ4v) is 3.02. The Labute approximate surface area is 109 Å². The number of rotatable bonds is 2. The predicted molar refractivity (Wildman–Crippen MR) is 74.2 cm³/mol. The number of benzene rings is 1. The summed E-state index contributed by atoms with van der Waals surface area (Å²) in [6, 6.07) is 12.3. The van der Waals surface area contributed by atoms with Crippen LogP contribution in [0.1, 0.15) is 5.56 Å². The summed E-state index contributed by atoms with van der Waals surface area (Å²) in [6.45, 7) is 1.78. The first-order valence-corrected chi connectivity index (χ1v) is 6.67. The zero-order chi connectivity index (χ0) is 11.7. The van der Waals surface area contributed by atoms with Gasteiger partial charge < -0.3 is 5.32 Å². The largest absolute Gasteiger partial charge is 0.368 e. The molecule has 86 valence electrons. The van der Waals surface area contributed by atoms with Crippen molar-refractivity contribution in [2.75, 3.05) is 13.1 Å². The Kier molecular flexibility index (Phi) is 2.87. The van der Waals surface area contributed by atoms with Gasteiger partial charge in [-0.15, -0.1) is 11.3 Å². The van der Waals surface area contributed by atoms with E-state index in [1.807, 2.05) is 18.2 Å². The maximum Gasteiger partial charge on any atom is 0.129 e. The minimum Gasteiger partial charge on any atom is -0.368 e. The lowest BCUT2D eigenvalue weighted by Gasteiger charge is -2.08. The number of hydrogen-bond donors (Lipinski definition) is 1. The summed E-state index contributed by atoms with van der Waals surface area (Å²) in [6.07, 6.45) is 0. The molecule has 0 unspecified atom stereocenters. The number of amidine groups is 1. The molecule has 2 nitrogen and oxygen atoms in total. The number of hydrogen-bond acceptors (Lipinski definition) is 3. The van der Waals surface area contributed by atoms with E-state index in [2.05, 4.69) is 28.5 Å². The van der Waals surface area contributed by atoms with Crippen molar-refractivity contribution >= 4 is 28.8 Å². The number of halogens is 1. The van der Waals surface area contributed by atoms with Crippen LogP contribution in [0.5, 0.6) is 0 Å². The van der Waals surface area contributed by atoms with Gasteiger partial charge >= 0.3 is 0 Å². The second-order valence-corrected chi connectivity index (χ2v) is 5.52. The van der Waals surface area contributed by atoms with E-state index in [-0.39, 0.29) is 0 Å². The third kappa shape index (κ3) is 2.08. The van der Waals surface area contributed by atoms with Gasteiger partial charge in [0.1, 0.15) is 5.84 Å². The molecule has 0 saturated carbocycles. The van der Waals surface area contributed by atoms with Gasteiger partial charge in [0, 0.05) is 22.5 Å². The Morgan fingerprint density at radius 3 is 2.59 bits per heavy atom. The average Bonchev–Trinajstić information content (AvgIpc) is 3.00. The Bertz CT molecular complexity index is 574. The molecule has 2 aromatic rings. The van der Waals surface area contributed by atoms with Crippen LogP contribution in [-0.4, -0.2) is 18.9 Å². The van der Waals surface area contributed by atoms with E-state index in [9.17, 15) is 0 Å². The van der Waals surface area contributed by atoms with Gasteiger partial charge in [-0.05, 0) is 12.1 Å². The van der Waals surface area contributed by atoms with Crippen LogP contribution in [0.25, 0.3) is 10.4 Å². The highest BCUT2D eigenvalue weighted by Gasteiger charge is 2.14. The lowest BCUT2D eigenvalue weighted by molar-refractivity contribution is 0.960. The summed E-state index contributed by atoms with van der Waals surface area (Å²) in [7, 11) is 0. The molecule has 0 spiro atoms. The Morgan fingerprint density at radius 1 is 1.12 bits per heavy atom. The summed E-state index contributed by atoms with van der Waals surface area (Å²) in [4.78, 5) is 5.66. The van der Waals surface area contributed by atoms with Gasteiger partial charge in [-0.3, -0.25) is 4.99 Å². The van der Waals surface area contributed by atoms with Crippen LogP contribution >= 0.6 is 22.9 Å². The smallest absolute Gasteiger partial charge is 0.129 e. The fraction of sp³-hybridized carbons (Fsp3) is 0.154. The van der Waals surface area contributed by atoms with Crippen LogP contribution in [0.2, 0.25) is 4.34 Å². The Hall–Kier alpha value is -1.32. The van der Waals surface area contributed by atoms with Gasteiger partial charge in [-0.2, -0.15) is 0 Å². The molecular weight excluding hydrogens is 252 g/mol. The SMILES string of the molecule is Clc1ccc(-c2ccccc2C2=NCCN2)s1. The van der Waals surface area contributed by atoms with E-state index in [1.165, 1.54) is 10.4 Å². The van der Waals surface area contributed by atoms with Gasteiger partial charge in [-0.25, -0.2) is 0 Å². The predicted octanol–water partition coefficient (Wildman–Crippen LogP) is 3.42. The highest BCUT2D eigenvalue weighted by molar-refractivity contribution is 7.19. The number of nitrogens with one attached hydrogen (secondary N) is 1. The van der Waals surface area contributed by atoms with Crippen molar-refractivity contribution in [2.24, 2.45) is 4.99 Å². The zero-order valence-electron chi connectivity index (χ0n) is 9.11. The van der Waals surface area contributed by atoms with Gasteiger partial charge in [-0.1, -0.05) is 35.9 Å². The standard InChI is InChI=1S/C13H11ClN2S/c14-12-6-5-11(17-12)9-3-1-2-4-10(9)13-15-7-8-16-13/h1-6H,7-8H2,(H,15,16). The van der Waals surface area contributed by atoms with Crippen LogP contribution in [0.3, 0.4) is 0 Å². The summed E-state index contributed by atoms with van der Waals surface area (Å²) < 4.78 is 0.816. The Morgan fingerprint density at radius 2 is 1.94 bits per heavy atom. The molecular formula is C13H11ClN2S. The summed E-state index contributed by atoms with van der Waals surface area (Å²) in [5, 5.41) is 3.31. The molecule has 0 radical (unpaired) electrons. The monoisotopic (exact) mass is 262 g/mol. The number of nitrogens with zero attached hydrogens (tertiary/aromatic N) is 1. The molecule has 4 heteroatoms. The second kappa shape index (κ2) is 4.51. The van der Waals surface area contributed by atoms with Crippen molar-refractivity contribution in [3.8, 4) is 10.4 Å². The topological polar surface area (TPSA) is 24.4 Å². The van der Waals surface area contributed by atoms with Gasteiger partial charge in [0.15, 0.2) is 0 Å². The molecule has 1 aliphatic heterocycles. The van der Waals surface area contributed by atoms with E-state index in [4.69, 9.17) is 11.6 Å². The van der Waals surface area contributed by atoms with E-state index in [0.29, 0.717) is 0 Å². The van der Waals surface area contributed by atoms with Crippen molar-refractivity contribution in [1.29, 1.82) is 0 Å². The van der Waals surface area contributed by atoms with Crippen LogP contribution in [0.15, 0.2) is 41.4 Å². The van der Waals surface area contributed by atoms with E-state index >= 15 is 0 Å². The molecule has 3 rings (SSSR count). The molecule has 17 heavy (non-hydrogen) atoms. The molecule has 0 atom stereocenters. The van der Waals surface area contributed by atoms with Crippen LogP contribution in [0.4, 0.5) is 0 Å². The molecule has 1 aliphatic rings. The van der Waals surface area contributed by atoms with Crippen molar-refractivity contribution in [3.05, 3.63) is 46.3 Å². The lowest BCUT2D eigenvalue weighted by Crippen LogP contribution is -2.20. The molecule has 0 bridgehead atoms. The molecule has 0 fully saturated rings. The molecule has 2 heterocycles. The van der Waals surface area contributed by atoms with Crippen LogP contribution < -0.4 is 5.32 Å². The first kappa shape index (κ1) is 10.8. The lowest BCUT2D eigenvalue weighted by atomic mass is 10.1. The molecule has 1 N–H and O–H groups in total. The highest BCUT2D eigenvalue weighted by Crippen LogP contribution is 2.33. The van der Waals surface area contributed by atoms with E-state index < -0.39 is 0 Å². The molecule has 1 aromatic heterocycles. The third-order valence-electron chi connectivity index (χ3n) is 2.70. The Balaban J connectivity index is 2.10. The van der Waals surface area contributed by atoms with Crippen molar-refractivity contribution in [1.82, 2.24) is 5.32 Å². The number of thiophene rings is 1. The van der Waals surface area contributed by atoms with Crippen LogP contribution in [0, 0.1) is 0 Å². The maximum absolute atomic E-state index is 5.99. The average molecular weight is 263 g/mol. The second-order valence-electron chi connectivity index (χ2n) is 3.81. The van der Waals surface area contributed by atoms with Crippen molar-refractivity contribution in [2.45, 2.75) is 0 Å². The minimum absolute atomic E-state index is 0.816. The molecule has 0 saturated heterocycles. The van der Waals surface area contributed by atoms with Gasteiger partial charge in [0.25, 0.3) is 0 Å².